The molecule has 0 spiro atoms. The molecule has 1 heterocycles. The van der Waals surface area contributed by atoms with Gasteiger partial charge in [-0.05, 0) is 36.9 Å². The fourth-order valence-corrected chi connectivity index (χ4v) is 3.52. The first-order valence-corrected chi connectivity index (χ1v) is 8.48. The van der Waals surface area contributed by atoms with Crippen LogP contribution in [0.2, 0.25) is 0 Å². The van der Waals surface area contributed by atoms with Crippen LogP contribution >= 0.6 is 11.3 Å². The maximum atomic E-state index is 12.1. The monoisotopic (exact) mass is 309 g/mol. The van der Waals surface area contributed by atoms with Crippen LogP contribution in [-0.2, 0) is 16.4 Å². The average Bonchev–Trinajstić information content (AvgIpc) is 2.92. The van der Waals surface area contributed by atoms with E-state index in [1.54, 1.807) is 23.5 Å². The van der Waals surface area contributed by atoms with Gasteiger partial charge in [0.05, 0.1) is 4.90 Å². The number of carbonyl (C=O) groups is 1. The molecule has 0 atom stereocenters. The quantitative estimate of drug-likeness (QED) is 0.834. The molecule has 0 aliphatic rings. The molecular formula is C14H15NO3S2. The summed E-state index contributed by atoms with van der Waals surface area (Å²) in [5.41, 5.74) is 0.395. The number of sulfonamides is 1. The Bertz CT molecular complexity index is 691. The number of carbonyl (C=O) groups excluding carboxylic acids is 1. The predicted octanol–water partition coefficient (Wildman–Crippen LogP) is 2.47. The molecule has 106 valence electrons. The van der Waals surface area contributed by atoms with Gasteiger partial charge in [0.25, 0.3) is 0 Å². The van der Waals surface area contributed by atoms with E-state index < -0.39 is 10.0 Å². The Hall–Kier alpha value is -1.50. The smallest absolute Gasteiger partial charge is 0.240 e. The summed E-state index contributed by atoms with van der Waals surface area (Å²) < 4.78 is 26.8. The minimum Gasteiger partial charge on any atom is -0.295 e. The lowest BCUT2D eigenvalue weighted by molar-refractivity contribution is 0.101. The van der Waals surface area contributed by atoms with Gasteiger partial charge >= 0.3 is 0 Å². The highest BCUT2D eigenvalue weighted by atomic mass is 32.2. The fourth-order valence-electron chi connectivity index (χ4n) is 1.73. The van der Waals surface area contributed by atoms with Crippen LogP contribution in [0.1, 0.15) is 22.2 Å². The second-order valence-electron chi connectivity index (χ2n) is 4.31. The van der Waals surface area contributed by atoms with Gasteiger partial charge in [-0.15, -0.1) is 11.3 Å². The van der Waals surface area contributed by atoms with Crippen LogP contribution in [0, 0.1) is 0 Å². The van der Waals surface area contributed by atoms with Crippen LogP contribution in [-0.4, -0.2) is 20.7 Å². The number of nitrogens with one attached hydrogen (secondary N) is 1. The predicted molar refractivity (Wildman–Crippen MR) is 79.7 cm³/mol. The van der Waals surface area contributed by atoms with E-state index in [-0.39, 0.29) is 10.7 Å². The Balaban J connectivity index is 2.06. The molecule has 2 rings (SSSR count). The maximum Gasteiger partial charge on any atom is 0.240 e. The number of benzene rings is 1. The lowest BCUT2D eigenvalue weighted by Crippen LogP contribution is -2.26. The van der Waals surface area contributed by atoms with E-state index in [1.807, 2.05) is 17.5 Å². The highest BCUT2D eigenvalue weighted by Crippen LogP contribution is 2.13. The summed E-state index contributed by atoms with van der Waals surface area (Å²) >= 11 is 1.60. The molecule has 2 aromatic rings. The Morgan fingerprint density at radius 3 is 2.70 bits per heavy atom. The first-order chi connectivity index (χ1) is 9.49. The molecule has 1 aromatic heterocycles. The van der Waals surface area contributed by atoms with Gasteiger partial charge in [0.2, 0.25) is 10.0 Å². The van der Waals surface area contributed by atoms with Gasteiger partial charge in [-0.3, -0.25) is 4.79 Å². The molecule has 20 heavy (non-hydrogen) atoms. The zero-order valence-electron chi connectivity index (χ0n) is 11.0. The van der Waals surface area contributed by atoms with Crippen LogP contribution in [0.3, 0.4) is 0 Å². The Kier molecular flexibility index (Phi) is 4.69. The number of ketones is 1. The van der Waals surface area contributed by atoms with E-state index in [2.05, 4.69) is 4.72 Å². The molecule has 0 unspecified atom stereocenters. The number of Topliss-reactive ketones (excluding diaryl/α,β-unsaturated/α-hetero) is 1. The summed E-state index contributed by atoms with van der Waals surface area (Å²) in [6, 6.07) is 9.97. The lowest BCUT2D eigenvalue weighted by atomic mass is 10.2. The standard InChI is InChI=1S/C14H15NO3S2/c1-11(16)12-4-2-6-14(10-12)20(17,18)15-8-7-13-5-3-9-19-13/h2-6,9-10,15H,7-8H2,1H3. The molecule has 0 amide bonds. The first kappa shape index (κ1) is 14.9. The van der Waals surface area contributed by atoms with E-state index in [0.29, 0.717) is 18.5 Å². The second kappa shape index (κ2) is 6.30. The number of hydrogen-bond donors (Lipinski definition) is 1. The van der Waals surface area contributed by atoms with Crippen molar-refractivity contribution in [2.75, 3.05) is 6.54 Å². The summed E-state index contributed by atoms with van der Waals surface area (Å²) in [6.45, 7) is 1.75. The van der Waals surface area contributed by atoms with Crippen molar-refractivity contribution in [3.8, 4) is 0 Å². The van der Waals surface area contributed by atoms with Crippen molar-refractivity contribution < 1.29 is 13.2 Å². The zero-order valence-corrected chi connectivity index (χ0v) is 12.6. The van der Waals surface area contributed by atoms with Gasteiger partial charge in [0.1, 0.15) is 0 Å². The van der Waals surface area contributed by atoms with Crippen molar-refractivity contribution in [1.29, 1.82) is 0 Å². The van der Waals surface area contributed by atoms with Crippen molar-refractivity contribution in [2.45, 2.75) is 18.2 Å². The molecule has 0 bridgehead atoms. The number of hydrogen-bond acceptors (Lipinski definition) is 4. The van der Waals surface area contributed by atoms with Crippen molar-refractivity contribution >= 4 is 27.1 Å². The van der Waals surface area contributed by atoms with Gasteiger partial charge in [-0.1, -0.05) is 18.2 Å². The first-order valence-electron chi connectivity index (χ1n) is 6.12. The molecule has 0 saturated carbocycles. The van der Waals surface area contributed by atoms with Crippen LogP contribution in [0.25, 0.3) is 0 Å². The number of thiophene rings is 1. The highest BCUT2D eigenvalue weighted by Gasteiger charge is 2.14. The summed E-state index contributed by atoms with van der Waals surface area (Å²) in [4.78, 5) is 12.5. The lowest BCUT2D eigenvalue weighted by Gasteiger charge is -2.07. The van der Waals surface area contributed by atoms with Crippen molar-refractivity contribution in [3.63, 3.8) is 0 Å². The van der Waals surface area contributed by atoms with E-state index in [1.165, 1.54) is 19.1 Å². The van der Waals surface area contributed by atoms with Crippen molar-refractivity contribution in [1.82, 2.24) is 4.72 Å². The Labute approximate surface area is 122 Å². The Morgan fingerprint density at radius 1 is 1.25 bits per heavy atom. The van der Waals surface area contributed by atoms with E-state index in [9.17, 15) is 13.2 Å². The molecule has 0 saturated heterocycles. The van der Waals surface area contributed by atoms with Crippen molar-refractivity contribution in [3.05, 3.63) is 52.2 Å². The topological polar surface area (TPSA) is 63.2 Å². The summed E-state index contributed by atoms with van der Waals surface area (Å²) in [5, 5.41) is 1.96. The van der Waals surface area contributed by atoms with E-state index in [4.69, 9.17) is 0 Å². The average molecular weight is 309 g/mol. The summed E-state index contributed by atoms with van der Waals surface area (Å²) in [7, 11) is -3.57. The van der Waals surface area contributed by atoms with Gasteiger partial charge in [0, 0.05) is 17.0 Å². The molecule has 0 fully saturated rings. The normalized spacial score (nSPS) is 11.4. The molecular weight excluding hydrogens is 294 g/mol. The van der Waals surface area contributed by atoms with Crippen LogP contribution < -0.4 is 4.72 Å². The second-order valence-corrected chi connectivity index (χ2v) is 7.11. The van der Waals surface area contributed by atoms with Crippen LogP contribution in [0.4, 0.5) is 0 Å². The van der Waals surface area contributed by atoms with Gasteiger partial charge in [-0.2, -0.15) is 0 Å². The molecule has 0 aliphatic heterocycles. The molecule has 0 radical (unpaired) electrons. The van der Waals surface area contributed by atoms with Crippen LogP contribution in [0.5, 0.6) is 0 Å². The zero-order chi connectivity index (χ0) is 14.6. The van der Waals surface area contributed by atoms with Crippen molar-refractivity contribution in [2.24, 2.45) is 0 Å². The third-order valence-corrected chi connectivity index (χ3v) is 5.19. The van der Waals surface area contributed by atoms with Crippen LogP contribution in [0.15, 0.2) is 46.7 Å². The molecule has 4 nitrogen and oxygen atoms in total. The summed E-state index contributed by atoms with van der Waals surface area (Å²) in [6.07, 6.45) is 0.656. The third-order valence-electron chi connectivity index (χ3n) is 2.79. The number of rotatable bonds is 6. The van der Waals surface area contributed by atoms with Gasteiger partial charge in [0.15, 0.2) is 5.78 Å². The minimum atomic E-state index is -3.57. The largest absolute Gasteiger partial charge is 0.295 e. The van der Waals surface area contributed by atoms with Gasteiger partial charge < -0.3 is 0 Å². The fraction of sp³-hybridized carbons (Fsp3) is 0.214. The minimum absolute atomic E-state index is 0.122. The third kappa shape index (κ3) is 3.75. The maximum absolute atomic E-state index is 12.1. The molecule has 0 aliphatic carbocycles. The highest BCUT2D eigenvalue weighted by molar-refractivity contribution is 7.89. The SMILES string of the molecule is CC(=O)c1cccc(S(=O)(=O)NCCc2cccs2)c1. The van der Waals surface area contributed by atoms with E-state index in [0.717, 1.165) is 4.88 Å². The van der Waals surface area contributed by atoms with Gasteiger partial charge in [-0.25, -0.2) is 13.1 Å². The molecule has 1 aromatic carbocycles. The molecule has 6 heteroatoms. The molecule has 1 N–H and O–H groups in total. The van der Waals surface area contributed by atoms with E-state index >= 15 is 0 Å². The Morgan fingerprint density at radius 2 is 2.05 bits per heavy atom. The summed E-state index contributed by atoms with van der Waals surface area (Å²) in [5.74, 6) is -0.152.